The van der Waals surface area contributed by atoms with Gasteiger partial charge in [0.15, 0.2) is 5.65 Å². The first-order valence-corrected chi connectivity index (χ1v) is 13.1. The molecule has 3 heterocycles. The summed E-state index contributed by atoms with van der Waals surface area (Å²) in [5.74, 6) is 0. The summed E-state index contributed by atoms with van der Waals surface area (Å²) in [6.07, 6.45) is 3.95. The van der Waals surface area contributed by atoms with E-state index < -0.39 is 23.9 Å². The van der Waals surface area contributed by atoms with Gasteiger partial charge in [-0.25, -0.2) is 4.98 Å². The van der Waals surface area contributed by atoms with Crippen molar-refractivity contribution in [2.75, 3.05) is 0 Å². The Hall–Kier alpha value is -3.74. The summed E-state index contributed by atoms with van der Waals surface area (Å²) in [6.45, 7) is 10.3. The Morgan fingerprint density at radius 1 is 0.711 bits per heavy atom. The Morgan fingerprint density at radius 2 is 1.16 bits per heavy atom. The minimum atomic E-state index is -0.716. The topological polar surface area (TPSA) is 49.2 Å². The van der Waals surface area contributed by atoms with Crippen LogP contribution in [0.3, 0.4) is 0 Å². The first-order chi connectivity index (χ1) is 18.2. The summed E-state index contributed by atoms with van der Waals surface area (Å²) in [6, 6.07) is 31.8. The van der Waals surface area contributed by atoms with Crippen molar-refractivity contribution in [2.45, 2.75) is 51.4 Å². The Labute approximate surface area is 224 Å². The lowest BCUT2D eigenvalue weighted by Gasteiger charge is -2.38. The number of aromatic nitrogens is 3. The zero-order valence-corrected chi connectivity index (χ0v) is 22.6. The second-order valence-corrected chi connectivity index (χ2v) is 11.0. The molecule has 1 aliphatic rings. The number of benzene rings is 3. The third kappa shape index (κ3) is 3.70. The molecule has 3 aromatic carbocycles. The van der Waals surface area contributed by atoms with Crippen LogP contribution < -0.4 is 5.46 Å². The van der Waals surface area contributed by atoms with E-state index in [1.54, 1.807) is 0 Å². The van der Waals surface area contributed by atoms with Crippen LogP contribution in [-0.2, 0) is 14.8 Å². The molecule has 5 nitrogen and oxygen atoms in total. The molecule has 1 saturated heterocycles. The van der Waals surface area contributed by atoms with E-state index in [0.717, 1.165) is 39.0 Å². The molecule has 0 bridgehead atoms. The van der Waals surface area contributed by atoms with Crippen molar-refractivity contribution < 1.29 is 9.31 Å². The van der Waals surface area contributed by atoms with Crippen LogP contribution in [-0.4, -0.2) is 32.9 Å². The number of aryl methyl sites for hydroxylation is 1. The molecule has 2 aromatic heterocycles. The average Bonchev–Trinajstić information content (AvgIpc) is 3.39. The van der Waals surface area contributed by atoms with Gasteiger partial charge in [0.2, 0.25) is 0 Å². The standard InChI is InChI=1S/C32H32BN3O2/c1-23-21-34-28-27(33-37-30(2,3)31(4,5)38-33)22-36(29(28)35-23)32(24-15-9-6-10-16-24,25-17-11-7-12-18-25)26-19-13-8-14-20-26/h6-22H,1-5H3. The molecule has 0 radical (unpaired) electrons. The summed E-state index contributed by atoms with van der Waals surface area (Å²) in [5, 5.41) is 0. The van der Waals surface area contributed by atoms with Gasteiger partial charge in [0.25, 0.3) is 0 Å². The SMILES string of the molecule is Cc1cnc2c(B3OC(C)(C)C(C)(C)O3)cn(C(c3ccccc3)(c3ccccc3)c3ccccc3)c2n1. The van der Waals surface area contributed by atoms with Crippen molar-refractivity contribution in [2.24, 2.45) is 0 Å². The van der Waals surface area contributed by atoms with Gasteiger partial charge < -0.3 is 13.9 Å². The molecule has 1 fully saturated rings. The van der Waals surface area contributed by atoms with Crippen LogP contribution in [0.1, 0.15) is 50.1 Å². The summed E-state index contributed by atoms with van der Waals surface area (Å²) >= 11 is 0. The van der Waals surface area contributed by atoms with Crippen LogP contribution in [0.25, 0.3) is 11.2 Å². The number of fused-ring (bicyclic) bond motifs is 1. The zero-order chi connectivity index (χ0) is 26.5. The zero-order valence-electron chi connectivity index (χ0n) is 22.6. The Morgan fingerprint density at radius 3 is 1.61 bits per heavy atom. The molecule has 6 heteroatoms. The first-order valence-electron chi connectivity index (χ1n) is 13.1. The van der Waals surface area contributed by atoms with Gasteiger partial charge in [-0.3, -0.25) is 4.98 Å². The second kappa shape index (κ2) is 8.93. The van der Waals surface area contributed by atoms with Crippen molar-refractivity contribution >= 4 is 23.7 Å². The lowest BCUT2D eigenvalue weighted by atomic mass is 9.76. The highest BCUT2D eigenvalue weighted by Crippen LogP contribution is 2.43. The van der Waals surface area contributed by atoms with Gasteiger partial charge in [-0.15, -0.1) is 0 Å². The summed E-state index contributed by atoms with van der Waals surface area (Å²) in [4.78, 5) is 9.96. The lowest BCUT2D eigenvalue weighted by molar-refractivity contribution is 0.00578. The molecular formula is C32H32BN3O2. The predicted octanol–water partition coefficient (Wildman–Crippen LogP) is 5.88. The van der Waals surface area contributed by atoms with Gasteiger partial charge in [-0.2, -0.15) is 0 Å². The van der Waals surface area contributed by atoms with E-state index in [1.807, 2.05) is 13.1 Å². The summed E-state index contributed by atoms with van der Waals surface area (Å²) in [5.41, 5.74) is 4.99. The van der Waals surface area contributed by atoms with Gasteiger partial charge in [-0.1, -0.05) is 91.0 Å². The highest BCUT2D eigenvalue weighted by atomic mass is 16.7. The summed E-state index contributed by atoms with van der Waals surface area (Å²) in [7, 11) is -0.569. The minimum absolute atomic E-state index is 0.473. The number of hydrogen-bond donors (Lipinski definition) is 0. The fourth-order valence-corrected chi connectivity index (χ4v) is 5.45. The number of rotatable bonds is 5. The van der Waals surface area contributed by atoms with Crippen LogP contribution in [0.4, 0.5) is 0 Å². The molecule has 5 aromatic rings. The monoisotopic (exact) mass is 501 g/mol. The molecule has 0 spiro atoms. The molecule has 0 unspecified atom stereocenters. The number of hydrogen-bond acceptors (Lipinski definition) is 4. The second-order valence-electron chi connectivity index (χ2n) is 11.0. The van der Waals surface area contributed by atoms with E-state index in [4.69, 9.17) is 19.3 Å². The average molecular weight is 501 g/mol. The fraction of sp³-hybridized carbons (Fsp3) is 0.250. The van der Waals surface area contributed by atoms with Gasteiger partial charge in [-0.05, 0) is 51.3 Å². The van der Waals surface area contributed by atoms with E-state index in [0.29, 0.717) is 0 Å². The Kier molecular flexibility index (Phi) is 5.78. The van der Waals surface area contributed by atoms with Gasteiger partial charge in [0.1, 0.15) is 11.1 Å². The highest BCUT2D eigenvalue weighted by Gasteiger charge is 2.53. The largest absolute Gasteiger partial charge is 0.498 e. The van der Waals surface area contributed by atoms with Crippen LogP contribution in [0.2, 0.25) is 0 Å². The first kappa shape index (κ1) is 24.6. The molecule has 0 saturated carbocycles. The van der Waals surface area contributed by atoms with Gasteiger partial charge in [0, 0.05) is 17.9 Å². The molecule has 38 heavy (non-hydrogen) atoms. The molecule has 0 atom stereocenters. The van der Waals surface area contributed by atoms with Crippen LogP contribution in [0, 0.1) is 6.92 Å². The molecule has 6 rings (SSSR count). The quantitative estimate of drug-likeness (QED) is 0.223. The summed E-state index contributed by atoms with van der Waals surface area (Å²) < 4.78 is 15.3. The highest BCUT2D eigenvalue weighted by molar-refractivity contribution is 6.65. The van der Waals surface area contributed by atoms with E-state index in [2.05, 4.69) is 129 Å². The predicted molar refractivity (Wildman–Crippen MR) is 153 cm³/mol. The van der Waals surface area contributed by atoms with Crippen molar-refractivity contribution in [3.63, 3.8) is 0 Å². The Balaban J connectivity index is 1.73. The molecule has 1 aliphatic heterocycles. The van der Waals surface area contributed by atoms with E-state index >= 15 is 0 Å². The molecule has 190 valence electrons. The molecule has 0 N–H and O–H groups in total. The van der Waals surface area contributed by atoms with E-state index in [1.165, 1.54) is 0 Å². The maximum atomic E-state index is 6.53. The Bertz CT molecular complexity index is 1470. The minimum Gasteiger partial charge on any atom is -0.399 e. The maximum absolute atomic E-state index is 6.53. The normalized spacial score (nSPS) is 16.7. The van der Waals surface area contributed by atoms with Crippen molar-refractivity contribution in [3.8, 4) is 0 Å². The fourth-order valence-electron chi connectivity index (χ4n) is 5.45. The van der Waals surface area contributed by atoms with Gasteiger partial charge >= 0.3 is 7.12 Å². The number of nitrogens with zero attached hydrogens (tertiary/aromatic N) is 3. The van der Waals surface area contributed by atoms with Crippen molar-refractivity contribution in [3.05, 3.63) is 126 Å². The molecule has 0 amide bonds. The van der Waals surface area contributed by atoms with Gasteiger partial charge in [0.05, 0.1) is 16.9 Å². The van der Waals surface area contributed by atoms with E-state index in [-0.39, 0.29) is 0 Å². The van der Waals surface area contributed by atoms with Crippen LogP contribution >= 0.6 is 0 Å². The molecular weight excluding hydrogens is 469 g/mol. The maximum Gasteiger partial charge on any atom is 0.498 e. The third-order valence-corrected chi connectivity index (χ3v) is 8.09. The van der Waals surface area contributed by atoms with Crippen LogP contribution in [0.15, 0.2) is 103 Å². The van der Waals surface area contributed by atoms with Crippen molar-refractivity contribution in [1.82, 2.24) is 14.5 Å². The van der Waals surface area contributed by atoms with E-state index in [9.17, 15) is 0 Å². The molecule has 0 aliphatic carbocycles. The van der Waals surface area contributed by atoms with Crippen LogP contribution in [0.5, 0.6) is 0 Å². The van der Waals surface area contributed by atoms with Crippen molar-refractivity contribution in [1.29, 1.82) is 0 Å². The lowest BCUT2D eigenvalue weighted by Crippen LogP contribution is -2.41. The third-order valence-electron chi connectivity index (χ3n) is 8.09. The smallest absolute Gasteiger partial charge is 0.399 e.